The molecule has 5 rings (SSSR count). The lowest BCUT2D eigenvalue weighted by atomic mass is 10.0. The molecule has 206 valence electrons. The summed E-state index contributed by atoms with van der Waals surface area (Å²) in [6.07, 6.45) is 1.79. The predicted molar refractivity (Wildman–Crippen MR) is 161 cm³/mol. The minimum Gasteiger partial charge on any atom is -0.493 e. The highest BCUT2D eigenvalue weighted by Crippen LogP contribution is 2.38. The largest absolute Gasteiger partial charge is 0.493 e. The van der Waals surface area contributed by atoms with Crippen LogP contribution in [-0.4, -0.2) is 24.3 Å². The molecule has 2 aromatic carbocycles. The van der Waals surface area contributed by atoms with Gasteiger partial charge >= 0.3 is 5.97 Å². The minimum atomic E-state index is -0.609. The second-order valence-corrected chi connectivity index (χ2v) is 12.0. The summed E-state index contributed by atoms with van der Waals surface area (Å²) < 4.78 is 19.7. The fraction of sp³-hybridized carbons (Fsp3) is 0.207. The first-order valence-corrected chi connectivity index (χ1v) is 15.1. The van der Waals surface area contributed by atoms with Crippen molar-refractivity contribution in [3.63, 3.8) is 0 Å². The van der Waals surface area contributed by atoms with Gasteiger partial charge in [-0.15, -0.1) is 11.3 Å². The van der Waals surface area contributed by atoms with Crippen LogP contribution in [0.2, 0.25) is 5.02 Å². The molecular formula is C29H24BrClN2O5S2. The summed E-state index contributed by atoms with van der Waals surface area (Å²) in [4.78, 5) is 32.7. The smallest absolute Gasteiger partial charge is 0.338 e. The van der Waals surface area contributed by atoms with E-state index in [9.17, 15) is 9.59 Å². The van der Waals surface area contributed by atoms with Crippen molar-refractivity contribution in [2.24, 2.45) is 4.99 Å². The van der Waals surface area contributed by atoms with Gasteiger partial charge < -0.3 is 14.2 Å². The monoisotopic (exact) mass is 658 g/mol. The number of esters is 1. The number of rotatable bonds is 8. The number of thiazole rings is 1. The van der Waals surface area contributed by atoms with Gasteiger partial charge in [0.25, 0.3) is 5.56 Å². The summed E-state index contributed by atoms with van der Waals surface area (Å²) in [6.45, 7) is 4.08. The SMILES string of the molecule is CCOC(=O)C1=C(C)N=c2s/c(=C\c3cc(Br)c(OCc4ccc(Cl)cc4)c(OC)c3)c(=O)n2[C@H]1c1cccs1. The van der Waals surface area contributed by atoms with Crippen molar-refractivity contribution in [1.29, 1.82) is 0 Å². The fourth-order valence-corrected chi connectivity index (χ4v) is 6.93. The lowest BCUT2D eigenvalue weighted by Crippen LogP contribution is -2.39. The summed E-state index contributed by atoms with van der Waals surface area (Å²) >= 11 is 12.3. The third-order valence-corrected chi connectivity index (χ3v) is 8.92. The maximum absolute atomic E-state index is 13.8. The minimum absolute atomic E-state index is 0.229. The molecule has 0 saturated carbocycles. The van der Waals surface area contributed by atoms with Crippen LogP contribution in [0.1, 0.15) is 35.9 Å². The van der Waals surface area contributed by atoms with Crippen molar-refractivity contribution >= 4 is 62.2 Å². The number of nitrogens with zero attached hydrogens (tertiary/aromatic N) is 2. The van der Waals surface area contributed by atoms with Crippen molar-refractivity contribution in [2.75, 3.05) is 13.7 Å². The van der Waals surface area contributed by atoms with Crippen LogP contribution in [-0.2, 0) is 16.1 Å². The number of carbonyl (C=O) groups excluding carboxylic acids is 1. The molecule has 7 nitrogen and oxygen atoms in total. The van der Waals surface area contributed by atoms with Crippen LogP contribution < -0.4 is 24.4 Å². The van der Waals surface area contributed by atoms with Crippen molar-refractivity contribution < 1.29 is 19.0 Å². The molecule has 1 aliphatic heterocycles. The Morgan fingerprint density at radius 2 is 2.00 bits per heavy atom. The molecule has 0 aliphatic carbocycles. The van der Waals surface area contributed by atoms with Gasteiger partial charge in [0.05, 0.1) is 34.0 Å². The van der Waals surface area contributed by atoms with E-state index in [0.717, 1.165) is 16.0 Å². The maximum Gasteiger partial charge on any atom is 0.338 e. The number of thiophene rings is 1. The molecule has 0 spiro atoms. The Morgan fingerprint density at radius 1 is 1.23 bits per heavy atom. The Hall–Kier alpha value is -3.18. The molecule has 0 saturated heterocycles. The van der Waals surface area contributed by atoms with Crippen molar-refractivity contribution in [1.82, 2.24) is 4.57 Å². The van der Waals surface area contributed by atoms with Gasteiger partial charge in [0.2, 0.25) is 0 Å². The van der Waals surface area contributed by atoms with Crippen LogP contribution in [0, 0.1) is 0 Å². The van der Waals surface area contributed by atoms with Gasteiger partial charge in [0, 0.05) is 9.90 Å². The predicted octanol–water partition coefficient (Wildman–Crippen LogP) is 5.86. The summed E-state index contributed by atoms with van der Waals surface area (Å²) in [5, 5.41) is 2.58. The van der Waals surface area contributed by atoms with Gasteiger partial charge in [-0.25, -0.2) is 9.79 Å². The van der Waals surface area contributed by atoms with E-state index in [-0.39, 0.29) is 12.2 Å². The van der Waals surface area contributed by atoms with E-state index in [4.69, 9.17) is 25.8 Å². The van der Waals surface area contributed by atoms with Crippen molar-refractivity contribution in [2.45, 2.75) is 26.5 Å². The number of allylic oxidation sites excluding steroid dienone is 1. The van der Waals surface area contributed by atoms with Crippen LogP contribution in [0.15, 0.2) is 79.4 Å². The molecule has 0 radical (unpaired) electrons. The molecule has 0 unspecified atom stereocenters. The van der Waals surface area contributed by atoms with E-state index in [1.54, 1.807) is 31.6 Å². The summed E-state index contributed by atoms with van der Waals surface area (Å²) in [6, 6.07) is 14.3. The Labute approximate surface area is 251 Å². The molecule has 11 heteroatoms. The van der Waals surface area contributed by atoms with Crippen molar-refractivity contribution in [3.8, 4) is 11.5 Å². The molecule has 3 heterocycles. The number of ether oxygens (including phenoxy) is 3. The molecule has 0 N–H and O–H groups in total. The topological polar surface area (TPSA) is 79.1 Å². The Morgan fingerprint density at radius 3 is 2.67 bits per heavy atom. The van der Waals surface area contributed by atoms with Crippen LogP contribution in [0.4, 0.5) is 0 Å². The molecule has 0 bridgehead atoms. The van der Waals surface area contributed by atoms with E-state index < -0.39 is 12.0 Å². The zero-order valence-electron chi connectivity index (χ0n) is 21.8. The zero-order chi connectivity index (χ0) is 28.4. The first-order chi connectivity index (χ1) is 19.3. The Balaban J connectivity index is 1.54. The first kappa shape index (κ1) is 28.4. The average molecular weight is 660 g/mol. The molecule has 0 amide bonds. The second kappa shape index (κ2) is 12.1. The number of halogens is 2. The van der Waals surface area contributed by atoms with Gasteiger partial charge in [0.1, 0.15) is 12.6 Å². The molecule has 40 heavy (non-hydrogen) atoms. The molecule has 4 aromatic rings. The number of hydrogen-bond donors (Lipinski definition) is 0. The molecule has 0 fully saturated rings. The standard InChI is InChI=1S/C29H24BrClN2O5S2/c1-4-37-28(35)24-16(2)32-29-33(25(24)22-6-5-11-39-22)27(34)23(40-29)14-18-12-20(30)26(21(13-18)36-3)38-15-17-7-9-19(31)10-8-17/h5-14,25H,4,15H2,1-3H3/b23-14-/t25-/m0/s1. The van der Waals surface area contributed by atoms with E-state index in [0.29, 0.717) is 48.2 Å². The normalized spacial score (nSPS) is 15.0. The number of hydrogen-bond acceptors (Lipinski definition) is 8. The van der Waals surface area contributed by atoms with E-state index in [1.807, 2.05) is 53.9 Å². The number of benzene rings is 2. The number of aromatic nitrogens is 1. The average Bonchev–Trinajstić information content (AvgIpc) is 3.56. The van der Waals surface area contributed by atoms with Gasteiger partial charge in [0.15, 0.2) is 16.3 Å². The van der Waals surface area contributed by atoms with E-state index >= 15 is 0 Å². The van der Waals surface area contributed by atoms with Crippen LogP contribution >= 0.6 is 50.2 Å². The van der Waals surface area contributed by atoms with E-state index in [2.05, 4.69) is 20.9 Å². The summed E-state index contributed by atoms with van der Waals surface area (Å²) in [5.41, 5.74) is 2.36. The van der Waals surface area contributed by atoms with Crippen LogP contribution in [0.3, 0.4) is 0 Å². The highest BCUT2D eigenvalue weighted by atomic mass is 79.9. The zero-order valence-corrected chi connectivity index (χ0v) is 25.7. The molecule has 1 aliphatic rings. The highest BCUT2D eigenvalue weighted by Gasteiger charge is 2.33. The summed E-state index contributed by atoms with van der Waals surface area (Å²) in [7, 11) is 1.56. The number of fused-ring (bicyclic) bond motifs is 1. The third-order valence-electron chi connectivity index (χ3n) is 6.18. The second-order valence-electron chi connectivity index (χ2n) is 8.77. The Kier molecular flexibility index (Phi) is 8.60. The highest BCUT2D eigenvalue weighted by molar-refractivity contribution is 9.10. The van der Waals surface area contributed by atoms with E-state index in [1.165, 1.54) is 22.7 Å². The quantitative estimate of drug-likeness (QED) is 0.222. The summed E-state index contributed by atoms with van der Waals surface area (Å²) in [5.74, 6) is 0.585. The lowest BCUT2D eigenvalue weighted by molar-refractivity contribution is -0.139. The Bertz CT molecular complexity index is 1780. The maximum atomic E-state index is 13.8. The van der Waals surface area contributed by atoms with Crippen LogP contribution in [0.25, 0.3) is 6.08 Å². The van der Waals surface area contributed by atoms with Crippen LogP contribution in [0.5, 0.6) is 11.5 Å². The van der Waals surface area contributed by atoms with Gasteiger partial charge in [-0.05, 0) is 82.7 Å². The molecule has 1 atom stereocenters. The van der Waals surface area contributed by atoms with Crippen molar-refractivity contribution in [3.05, 3.63) is 110 Å². The number of methoxy groups -OCH3 is 1. The first-order valence-electron chi connectivity index (χ1n) is 12.3. The molecule has 2 aromatic heterocycles. The lowest BCUT2D eigenvalue weighted by Gasteiger charge is -2.23. The fourth-order valence-electron chi connectivity index (χ4n) is 4.36. The molecular weight excluding hydrogens is 636 g/mol. The van der Waals surface area contributed by atoms with Gasteiger partial charge in [-0.1, -0.05) is 41.1 Å². The third kappa shape index (κ3) is 5.67. The van der Waals surface area contributed by atoms with Gasteiger partial charge in [-0.2, -0.15) is 0 Å². The number of carbonyl (C=O) groups is 1. The van der Waals surface area contributed by atoms with Gasteiger partial charge in [-0.3, -0.25) is 9.36 Å².